The smallest absolute Gasteiger partial charge is 0.148 e. The van der Waals surface area contributed by atoms with Crippen LogP contribution in [0.1, 0.15) is 38.6 Å². The predicted molar refractivity (Wildman–Crippen MR) is 67.3 cm³/mol. The molecule has 1 aromatic heterocycles. The van der Waals surface area contributed by atoms with Crippen molar-refractivity contribution in [1.29, 1.82) is 0 Å². The molecular formula is C11H21N5. The molecule has 1 rings (SSSR count). The normalized spacial score (nSPS) is 12.3. The fraction of sp³-hybridized carbons (Fsp3) is 0.636. The molecule has 16 heavy (non-hydrogen) atoms. The van der Waals surface area contributed by atoms with Crippen molar-refractivity contribution in [3.8, 4) is 0 Å². The zero-order valence-electron chi connectivity index (χ0n) is 10.5. The third kappa shape index (κ3) is 2.82. The standard InChI is InChI=1S/C11H21N5/c1-5-7(3)13-10-8(4)11(16-12)15-9(6-2)14-10/h7H,5-6,12H2,1-4H3,(H2,13,14,15,16). The van der Waals surface area contributed by atoms with Gasteiger partial charge in [-0.05, 0) is 20.3 Å². The Bertz CT molecular complexity index is 350. The molecule has 4 N–H and O–H groups in total. The van der Waals surface area contributed by atoms with Crippen LogP contribution in [0, 0.1) is 6.92 Å². The predicted octanol–water partition coefficient (Wildman–Crippen LogP) is 1.84. The molecule has 0 spiro atoms. The minimum atomic E-state index is 0.393. The summed E-state index contributed by atoms with van der Waals surface area (Å²) < 4.78 is 0. The van der Waals surface area contributed by atoms with E-state index in [0.29, 0.717) is 11.9 Å². The van der Waals surface area contributed by atoms with Crippen LogP contribution >= 0.6 is 0 Å². The molecule has 1 atom stereocenters. The van der Waals surface area contributed by atoms with Crippen molar-refractivity contribution in [2.75, 3.05) is 10.7 Å². The monoisotopic (exact) mass is 223 g/mol. The number of aryl methyl sites for hydroxylation is 1. The number of hydrogen-bond acceptors (Lipinski definition) is 5. The lowest BCUT2D eigenvalue weighted by Gasteiger charge is -2.16. The molecule has 0 bridgehead atoms. The number of nitrogens with two attached hydrogens (primary N) is 1. The van der Waals surface area contributed by atoms with Gasteiger partial charge in [0.05, 0.1) is 0 Å². The van der Waals surface area contributed by atoms with Gasteiger partial charge in [0.25, 0.3) is 0 Å². The van der Waals surface area contributed by atoms with E-state index in [2.05, 4.69) is 34.6 Å². The molecule has 0 aromatic carbocycles. The first-order valence-electron chi connectivity index (χ1n) is 5.73. The summed E-state index contributed by atoms with van der Waals surface area (Å²) in [7, 11) is 0. The summed E-state index contributed by atoms with van der Waals surface area (Å²) in [6, 6.07) is 0.393. The van der Waals surface area contributed by atoms with Crippen molar-refractivity contribution in [2.24, 2.45) is 5.84 Å². The van der Waals surface area contributed by atoms with Crippen LogP contribution in [0.4, 0.5) is 11.6 Å². The number of aromatic nitrogens is 2. The van der Waals surface area contributed by atoms with Crippen LogP contribution in [0.2, 0.25) is 0 Å². The first-order valence-corrected chi connectivity index (χ1v) is 5.73. The van der Waals surface area contributed by atoms with E-state index in [9.17, 15) is 0 Å². The summed E-state index contributed by atoms with van der Waals surface area (Å²) >= 11 is 0. The van der Waals surface area contributed by atoms with Crippen molar-refractivity contribution >= 4 is 11.6 Å². The van der Waals surface area contributed by atoms with E-state index in [1.54, 1.807) is 0 Å². The van der Waals surface area contributed by atoms with E-state index in [1.165, 1.54) is 0 Å². The maximum Gasteiger partial charge on any atom is 0.148 e. The fourth-order valence-electron chi connectivity index (χ4n) is 1.34. The number of rotatable bonds is 5. The number of nitrogens with one attached hydrogen (secondary N) is 2. The molecular weight excluding hydrogens is 202 g/mol. The number of nitrogens with zero attached hydrogens (tertiary/aromatic N) is 2. The summed E-state index contributed by atoms with van der Waals surface area (Å²) in [5, 5.41) is 3.36. The molecule has 0 saturated heterocycles. The van der Waals surface area contributed by atoms with E-state index in [1.807, 2.05) is 13.8 Å². The Hall–Kier alpha value is -1.36. The number of anilines is 2. The zero-order chi connectivity index (χ0) is 12.1. The molecule has 0 aliphatic rings. The summed E-state index contributed by atoms with van der Waals surface area (Å²) in [5.41, 5.74) is 3.57. The second-order valence-corrected chi connectivity index (χ2v) is 3.91. The second kappa shape index (κ2) is 5.65. The maximum absolute atomic E-state index is 5.44. The lowest BCUT2D eigenvalue weighted by atomic mass is 10.2. The van der Waals surface area contributed by atoms with Gasteiger partial charge in [-0.1, -0.05) is 13.8 Å². The Morgan fingerprint density at radius 1 is 1.25 bits per heavy atom. The average Bonchev–Trinajstić information content (AvgIpc) is 2.31. The van der Waals surface area contributed by atoms with Gasteiger partial charge in [0.15, 0.2) is 0 Å². The van der Waals surface area contributed by atoms with E-state index in [-0.39, 0.29) is 0 Å². The Kier molecular flexibility index (Phi) is 4.49. The molecule has 0 amide bonds. The number of hydrogen-bond donors (Lipinski definition) is 3. The Labute approximate surface area is 96.8 Å². The van der Waals surface area contributed by atoms with Gasteiger partial charge in [0.2, 0.25) is 0 Å². The quantitative estimate of drug-likeness (QED) is 0.524. The van der Waals surface area contributed by atoms with E-state index < -0.39 is 0 Å². The molecule has 0 fully saturated rings. The van der Waals surface area contributed by atoms with Crippen LogP contribution in [0.15, 0.2) is 0 Å². The molecule has 1 unspecified atom stereocenters. The topological polar surface area (TPSA) is 75.9 Å². The number of hydrazine groups is 1. The van der Waals surface area contributed by atoms with E-state index >= 15 is 0 Å². The van der Waals surface area contributed by atoms with Crippen LogP contribution in [0.25, 0.3) is 0 Å². The highest BCUT2D eigenvalue weighted by atomic mass is 15.3. The molecule has 5 nitrogen and oxygen atoms in total. The third-order valence-electron chi connectivity index (χ3n) is 2.64. The lowest BCUT2D eigenvalue weighted by molar-refractivity contribution is 0.753. The largest absolute Gasteiger partial charge is 0.367 e. The van der Waals surface area contributed by atoms with Gasteiger partial charge < -0.3 is 10.7 Å². The van der Waals surface area contributed by atoms with Crippen LogP contribution < -0.4 is 16.6 Å². The highest BCUT2D eigenvalue weighted by Gasteiger charge is 2.10. The summed E-state index contributed by atoms with van der Waals surface area (Å²) in [5.74, 6) is 7.80. The second-order valence-electron chi connectivity index (χ2n) is 3.91. The first-order chi connectivity index (χ1) is 7.62. The maximum atomic E-state index is 5.44. The van der Waals surface area contributed by atoms with Crippen molar-refractivity contribution < 1.29 is 0 Å². The Morgan fingerprint density at radius 3 is 2.38 bits per heavy atom. The van der Waals surface area contributed by atoms with Crippen molar-refractivity contribution in [3.05, 3.63) is 11.4 Å². The Morgan fingerprint density at radius 2 is 1.88 bits per heavy atom. The lowest BCUT2D eigenvalue weighted by Crippen LogP contribution is -2.19. The van der Waals surface area contributed by atoms with Crippen molar-refractivity contribution in [1.82, 2.24) is 9.97 Å². The highest BCUT2D eigenvalue weighted by molar-refractivity contribution is 5.57. The van der Waals surface area contributed by atoms with E-state index in [0.717, 1.165) is 30.0 Å². The molecule has 0 aliphatic carbocycles. The minimum absolute atomic E-state index is 0.393. The SMILES string of the molecule is CCc1nc(NN)c(C)c(NC(C)CC)n1. The van der Waals surface area contributed by atoms with E-state index in [4.69, 9.17) is 5.84 Å². The minimum Gasteiger partial charge on any atom is -0.367 e. The average molecular weight is 223 g/mol. The van der Waals surface area contributed by atoms with Crippen molar-refractivity contribution in [3.63, 3.8) is 0 Å². The van der Waals surface area contributed by atoms with Crippen molar-refractivity contribution in [2.45, 2.75) is 46.6 Å². The van der Waals surface area contributed by atoms with Gasteiger partial charge in [0.1, 0.15) is 17.5 Å². The fourth-order valence-corrected chi connectivity index (χ4v) is 1.34. The highest BCUT2D eigenvalue weighted by Crippen LogP contribution is 2.20. The van der Waals surface area contributed by atoms with Gasteiger partial charge in [-0.3, -0.25) is 0 Å². The Balaban J connectivity index is 3.05. The molecule has 1 heterocycles. The molecule has 0 aliphatic heterocycles. The molecule has 90 valence electrons. The third-order valence-corrected chi connectivity index (χ3v) is 2.64. The first kappa shape index (κ1) is 12.7. The van der Waals surface area contributed by atoms with Gasteiger partial charge in [-0.2, -0.15) is 0 Å². The van der Waals surface area contributed by atoms with Crippen LogP contribution in [-0.2, 0) is 6.42 Å². The number of nitrogen functional groups attached to an aromatic ring is 1. The molecule has 0 radical (unpaired) electrons. The summed E-state index contributed by atoms with van der Waals surface area (Å²) in [4.78, 5) is 8.79. The van der Waals surface area contributed by atoms with Gasteiger partial charge in [-0.25, -0.2) is 15.8 Å². The summed E-state index contributed by atoms with van der Waals surface area (Å²) in [6.07, 6.45) is 1.85. The van der Waals surface area contributed by atoms with Crippen LogP contribution in [0.3, 0.4) is 0 Å². The molecule has 1 aromatic rings. The summed E-state index contributed by atoms with van der Waals surface area (Å²) in [6.45, 7) is 8.25. The molecule has 5 heteroatoms. The van der Waals surface area contributed by atoms with Gasteiger partial charge in [-0.15, -0.1) is 0 Å². The zero-order valence-corrected chi connectivity index (χ0v) is 10.5. The molecule has 0 saturated carbocycles. The van der Waals surface area contributed by atoms with Gasteiger partial charge in [0, 0.05) is 18.0 Å². The van der Waals surface area contributed by atoms with Crippen LogP contribution in [-0.4, -0.2) is 16.0 Å². The van der Waals surface area contributed by atoms with Gasteiger partial charge >= 0.3 is 0 Å². The van der Waals surface area contributed by atoms with Crippen LogP contribution in [0.5, 0.6) is 0 Å².